The molecule has 0 saturated heterocycles. The highest BCUT2D eigenvalue weighted by molar-refractivity contribution is 5.98. The first-order valence-corrected chi connectivity index (χ1v) is 12.0. The van der Waals surface area contributed by atoms with E-state index in [1.807, 2.05) is 13.0 Å². The Hall–Kier alpha value is -3.79. The number of aliphatic hydroxyl groups excluding tert-OH is 1. The maximum absolute atomic E-state index is 13.1. The Morgan fingerprint density at radius 2 is 1.94 bits per heavy atom. The van der Waals surface area contributed by atoms with Gasteiger partial charge in [0.15, 0.2) is 0 Å². The highest BCUT2D eigenvalue weighted by Crippen LogP contribution is 2.14. The molecule has 10 nitrogen and oxygen atoms in total. The van der Waals surface area contributed by atoms with E-state index < -0.39 is 35.9 Å². The molecule has 0 aliphatic carbocycles. The minimum atomic E-state index is -1.20. The SMILES string of the molecule is Cc1ccc2cc1CCCNC(=O)CN(C(=O)c1ccccn1)C[C@@H](C)NC(=O)[C@H]([C@@H](C)O)NC2=O. The molecule has 3 rings (SSSR count). The van der Waals surface area contributed by atoms with Gasteiger partial charge in [0, 0.05) is 30.9 Å². The van der Waals surface area contributed by atoms with Crippen molar-refractivity contribution < 1.29 is 24.3 Å². The fourth-order valence-electron chi connectivity index (χ4n) is 4.03. The van der Waals surface area contributed by atoms with Gasteiger partial charge < -0.3 is 26.0 Å². The number of aliphatic hydroxyl groups is 1. The fourth-order valence-corrected chi connectivity index (χ4v) is 4.03. The number of carbonyl (C=O) groups is 4. The first kappa shape index (κ1) is 26.8. The van der Waals surface area contributed by atoms with E-state index in [0.717, 1.165) is 11.1 Å². The van der Waals surface area contributed by atoms with Crippen molar-refractivity contribution >= 4 is 23.6 Å². The number of pyridine rings is 1. The van der Waals surface area contributed by atoms with Gasteiger partial charge in [-0.3, -0.25) is 24.2 Å². The number of benzene rings is 1. The highest BCUT2D eigenvalue weighted by Gasteiger charge is 2.29. The van der Waals surface area contributed by atoms with Gasteiger partial charge in [-0.25, -0.2) is 0 Å². The molecular formula is C26H33N5O5. The van der Waals surface area contributed by atoms with Gasteiger partial charge in [-0.1, -0.05) is 12.1 Å². The van der Waals surface area contributed by atoms with Crippen LogP contribution in [-0.4, -0.2) is 76.4 Å². The van der Waals surface area contributed by atoms with E-state index in [-0.39, 0.29) is 24.7 Å². The molecule has 36 heavy (non-hydrogen) atoms. The summed E-state index contributed by atoms with van der Waals surface area (Å²) < 4.78 is 0. The lowest BCUT2D eigenvalue weighted by Crippen LogP contribution is -2.56. The quantitative estimate of drug-likeness (QED) is 0.480. The van der Waals surface area contributed by atoms with Crippen molar-refractivity contribution in [2.45, 2.75) is 51.8 Å². The number of aromatic nitrogens is 1. The van der Waals surface area contributed by atoms with Crippen molar-refractivity contribution in [3.63, 3.8) is 0 Å². The van der Waals surface area contributed by atoms with Crippen molar-refractivity contribution in [3.05, 3.63) is 65.0 Å². The number of hydrogen-bond donors (Lipinski definition) is 4. The van der Waals surface area contributed by atoms with Crippen LogP contribution in [0.25, 0.3) is 0 Å². The molecule has 1 aliphatic rings. The summed E-state index contributed by atoms with van der Waals surface area (Å²) in [4.78, 5) is 57.0. The van der Waals surface area contributed by atoms with Gasteiger partial charge in [0.1, 0.15) is 11.7 Å². The van der Waals surface area contributed by atoms with Crippen LogP contribution in [0.5, 0.6) is 0 Å². The molecule has 3 atom stereocenters. The third-order valence-corrected chi connectivity index (χ3v) is 6.00. The Kier molecular flexibility index (Phi) is 9.13. The normalized spacial score (nSPS) is 21.0. The van der Waals surface area contributed by atoms with Gasteiger partial charge in [-0.15, -0.1) is 0 Å². The molecular weight excluding hydrogens is 462 g/mol. The van der Waals surface area contributed by atoms with Crippen LogP contribution < -0.4 is 16.0 Å². The average Bonchev–Trinajstić information content (AvgIpc) is 2.84. The van der Waals surface area contributed by atoms with E-state index in [2.05, 4.69) is 20.9 Å². The molecule has 0 radical (unpaired) electrons. The molecule has 4 amide bonds. The molecule has 1 aromatic heterocycles. The van der Waals surface area contributed by atoms with Gasteiger partial charge in [-0.2, -0.15) is 0 Å². The minimum Gasteiger partial charge on any atom is -0.391 e. The van der Waals surface area contributed by atoms with Crippen LogP contribution in [0.15, 0.2) is 42.6 Å². The van der Waals surface area contributed by atoms with Crippen LogP contribution in [0, 0.1) is 6.92 Å². The van der Waals surface area contributed by atoms with Gasteiger partial charge in [0.05, 0.1) is 12.6 Å². The lowest BCUT2D eigenvalue weighted by Gasteiger charge is -2.28. The number of rotatable bonds is 2. The van der Waals surface area contributed by atoms with Crippen molar-refractivity contribution in [1.29, 1.82) is 0 Å². The van der Waals surface area contributed by atoms with E-state index in [9.17, 15) is 24.3 Å². The summed E-state index contributed by atoms with van der Waals surface area (Å²) in [6.07, 6.45) is 1.59. The standard InChI is InChI=1S/C26H33N5O5/c1-16-9-10-20-13-19(16)7-6-12-28-22(33)15-31(26(36)21-8-4-5-11-27-21)14-17(2)29-25(35)23(18(3)32)30-24(20)34/h4-5,8-11,13,17-18,23,32H,6-7,12,14-15H2,1-3H3,(H,28,33)(H,29,35)(H,30,34)/t17-,18-,23+/m1/s1. The van der Waals surface area contributed by atoms with Gasteiger partial charge in [0.25, 0.3) is 11.8 Å². The fraction of sp³-hybridized carbons (Fsp3) is 0.423. The van der Waals surface area contributed by atoms with Crippen LogP contribution >= 0.6 is 0 Å². The zero-order valence-corrected chi connectivity index (χ0v) is 20.8. The minimum absolute atomic E-state index is 0.0228. The molecule has 2 bridgehead atoms. The molecule has 0 saturated carbocycles. The second kappa shape index (κ2) is 12.3. The largest absolute Gasteiger partial charge is 0.391 e. The second-order valence-electron chi connectivity index (χ2n) is 9.10. The predicted octanol–water partition coefficient (Wildman–Crippen LogP) is 0.579. The molecule has 2 aromatic rings. The molecule has 2 heterocycles. The van der Waals surface area contributed by atoms with Crippen LogP contribution in [-0.2, 0) is 16.0 Å². The lowest BCUT2D eigenvalue weighted by atomic mass is 10.00. The van der Waals surface area contributed by atoms with Crippen LogP contribution in [0.2, 0.25) is 0 Å². The van der Waals surface area contributed by atoms with E-state index in [0.29, 0.717) is 24.9 Å². The van der Waals surface area contributed by atoms with Crippen molar-refractivity contribution in [2.24, 2.45) is 0 Å². The summed E-state index contributed by atoms with van der Waals surface area (Å²) >= 11 is 0. The average molecular weight is 496 g/mol. The second-order valence-corrected chi connectivity index (χ2v) is 9.10. The van der Waals surface area contributed by atoms with Crippen molar-refractivity contribution in [3.8, 4) is 0 Å². The molecule has 1 aromatic carbocycles. The smallest absolute Gasteiger partial charge is 0.272 e. The number of hydrogen-bond acceptors (Lipinski definition) is 6. The lowest BCUT2D eigenvalue weighted by molar-refractivity contribution is -0.126. The Labute approximate surface area is 210 Å². The maximum Gasteiger partial charge on any atom is 0.272 e. The Morgan fingerprint density at radius 1 is 1.17 bits per heavy atom. The molecule has 1 aliphatic heterocycles. The number of nitrogens with one attached hydrogen (secondary N) is 3. The summed E-state index contributed by atoms with van der Waals surface area (Å²) in [7, 11) is 0. The van der Waals surface area contributed by atoms with Crippen LogP contribution in [0.4, 0.5) is 0 Å². The predicted molar refractivity (Wildman–Crippen MR) is 133 cm³/mol. The summed E-state index contributed by atoms with van der Waals surface area (Å²) in [6.45, 7) is 5.24. The number of aryl methyl sites for hydroxylation is 2. The number of carbonyl (C=O) groups excluding carboxylic acids is 4. The Morgan fingerprint density at radius 3 is 2.64 bits per heavy atom. The van der Waals surface area contributed by atoms with E-state index >= 15 is 0 Å². The van der Waals surface area contributed by atoms with Gasteiger partial charge in [-0.05, 0) is 69.0 Å². The summed E-state index contributed by atoms with van der Waals surface area (Å²) in [5, 5.41) is 18.4. The Bertz CT molecular complexity index is 1110. The monoisotopic (exact) mass is 495 g/mol. The number of fused-ring (bicyclic) bond motifs is 2. The van der Waals surface area contributed by atoms with Crippen molar-refractivity contribution in [2.75, 3.05) is 19.6 Å². The van der Waals surface area contributed by atoms with E-state index in [4.69, 9.17) is 0 Å². The summed E-state index contributed by atoms with van der Waals surface area (Å²) in [5.74, 6) is -1.85. The third kappa shape index (κ3) is 7.11. The van der Waals surface area contributed by atoms with E-state index in [1.54, 1.807) is 37.3 Å². The first-order chi connectivity index (χ1) is 17.2. The molecule has 10 heteroatoms. The molecule has 0 fully saturated rings. The third-order valence-electron chi connectivity index (χ3n) is 6.00. The first-order valence-electron chi connectivity index (χ1n) is 12.0. The van der Waals surface area contributed by atoms with E-state index in [1.165, 1.54) is 18.0 Å². The molecule has 4 N–H and O–H groups in total. The number of amides is 4. The number of nitrogens with zero attached hydrogens (tertiary/aromatic N) is 2. The Balaban J connectivity index is 1.88. The topological polar surface area (TPSA) is 141 Å². The molecule has 0 spiro atoms. The summed E-state index contributed by atoms with van der Waals surface area (Å²) in [5.41, 5.74) is 2.50. The molecule has 0 unspecified atom stereocenters. The van der Waals surface area contributed by atoms with Crippen LogP contribution in [0.1, 0.15) is 52.2 Å². The highest BCUT2D eigenvalue weighted by atomic mass is 16.3. The van der Waals surface area contributed by atoms with Gasteiger partial charge >= 0.3 is 0 Å². The zero-order valence-electron chi connectivity index (χ0n) is 20.8. The zero-order chi connectivity index (χ0) is 26.2. The summed E-state index contributed by atoms with van der Waals surface area (Å²) in [6, 6.07) is 8.39. The van der Waals surface area contributed by atoms with Crippen molar-refractivity contribution in [1.82, 2.24) is 25.8 Å². The van der Waals surface area contributed by atoms with Gasteiger partial charge in [0.2, 0.25) is 11.8 Å². The maximum atomic E-state index is 13.1. The van der Waals surface area contributed by atoms with Crippen LogP contribution in [0.3, 0.4) is 0 Å². The molecule has 192 valence electrons.